The fourth-order valence-corrected chi connectivity index (χ4v) is 7.53. The topological polar surface area (TPSA) is 56.7 Å². The van der Waals surface area contributed by atoms with Crippen molar-refractivity contribution in [1.29, 1.82) is 0 Å². The molecule has 5 nitrogen and oxygen atoms in total. The summed E-state index contributed by atoms with van der Waals surface area (Å²) in [4.78, 5) is 15.0. The van der Waals surface area contributed by atoms with Crippen LogP contribution in [0.5, 0.6) is 0 Å². The molecular formula is C51H32N4O. The van der Waals surface area contributed by atoms with Gasteiger partial charge in [-0.3, -0.25) is 0 Å². The van der Waals surface area contributed by atoms with Crippen LogP contribution >= 0.6 is 0 Å². The van der Waals surface area contributed by atoms with E-state index in [4.69, 9.17) is 31.7 Å². The van der Waals surface area contributed by atoms with Gasteiger partial charge in [0.1, 0.15) is 11.2 Å². The lowest BCUT2D eigenvalue weighted by atomic mass is 10.0. The molecule has 0 unspecified atom stereocenters. The van der Waals surface area contributed by atoms with E-state index in [1.165, 1.54) is 0 Å². The molecule has 0 aliphatic carbocycles. The molecule has 11 rings (SSSR count). The van der Waals surface area contributed by atoms with Crippen LogP contribution in [-0.4, -0.2) is 19.5 Å². The Balaban J connectivity index is 1.03. The Bertz CT molecular complexity index is 3730. The third-order valence-corrected chi connectivity index (χ3v) is 10.1. The highest BCUT2D eigenvalue weighted by molar-refractivity contribution is 6.14. The lowest BCUT2D eigenvalue weighted by molar-refractivity contribution is 0.669. The lowest BCUT2D eigenvalue weighted by Gasteiger charge is -2.13. The van der Waals surface area contributed by atoms with Gasteiger partial charge in [0.05, 0.1) is 23.4 Å². The average Bonchev–Trinajstić information content (AvgIpc) is 3.91. The first kappa shape index (κ1) is 23.9. The number of fused-ring (bicyclic) bond motifs is 6. The molecule has 0 N–H and O–H groups in total. The fraction of sp³-hybridized carbons (Fsp3) is 0. The molecule has 0 fully saturated rings. The Labute approximate surface area is 335 Å². The van der Waals surface area contributed by atoms with Gasteiger partial charge in [-0.2, -0.15) is 0 Å². The Morgan fingerprint density at radius 1 is 0.411 bits per heavy atom. The van der Waals surface area contributed by atoms with Gasteiger partial charge in [-0.05, 0) is 47.0 Å². The van der Waals surface area contributed by atoms with E-state index < -0.39 is 42.3 Å². The third-order valence-electron chi connectivity index (χ3n) is 10.1. The number of para-hydroxylation sites is 3. The van der Waals surface area contributed by atoms with Crippen molar-refractivity contribution in [3.8, 4) is 62.1 Å². The van der Waals surface area contributed by atoms with Crippen LogP contribution in [0, 0.1) is 0 Å². The van der Waals surface area contributed by atoms with Gasteiger partial charge in [-0.15, -0.1) is 0 Å². The van der Waals surface area contributed by atoms with Gasteiger partial charge in [0.25, 0.3) is 0 Å². The monoisotopic (exact) mass is 725 g/mol. The van der Waals surface area contributed by atoms with E-state index >= 15 is 0 Å². The Hall–Kier alpha value is -7.63. The van der Waals surface area contributed by atoms with Crippen LogP contribution in [0.15, 0.2) is 198 Å². The summed E-state index contributed by atoms with van der Waals surface area (Å²) in [5.41, 5.74) is 7.07. The maximum Gasteiger partial charge on any atom is 0.164 e. The van der Waals surface area contributed by atoms with Crippen LogP contribution in [-0.2, 0) is 0 Å². The maximum absolute atomic E-state index is 9.07. The SMILES string of the molecule is [2H]c1c([2H])c([2H])c(-c2cccc3c4c([2H])c([2H])c([2H])c([2H])c4n(-c4ccc(-c5ccc(-c6nc(-c7ccccc7)nc(-c7cccc8oc9ccccc9c78)n6)cc5)cc4)c23)c([2H])c1[2H]. The minimum atomic E-state index is -0.522. The fourth-order valence-electron chi connectivity index (χ4n) is 7.53. The Morgan fingerprint density at radius 3 is 1.80 bits per heavy atom. The predicted molar refractivity (Wildman–Crippen MR) is 229 cm³/mol. The van der Waals surface area contributed by atoms with E-state index in [1.54, 1.807) is 22.8 Å². The van der Waals surface area contributed by atoms with Crippen molar-refractivity contribution >= 4 is 43.7 Å². The first-order chi connectivity index (χ1) is 31.5. The van der Waals surface area contributed by atoms with Crippen molar-refractivity contribution in [3.63, 3.8) is 0 Å². The smallest absolute Gasteiger partial charge is 0.164 e. The van der Waals surface area contributed by atoms with E-state index in [1.807, 2.05) is 121 Å². The molecule has 0 saturated carbocycles. The second-order valence-corrected chi connectivity index (χ2v) is 13.3. The zero-order chi connectivity index (χ0) is 44.8. The molecule has 0 bridgehead atoms. The molecule has 0 aliphatic rings. The normalized spacial score (nSPS) is 13.8. The van der Waals surface area contributed by atoms with Crippen molar-refractivity contribution in [2.24, 2.45) is 0 Å². The molecule has 11 aromatic rings. The zero-order valence-corrected chi connectivity index (χ0v) is 29.5. The Kier molecular flexibility index (Phi) is 5.57. The first-order valence-electron chi connectivity index (χ1n) is 22.5. The molecule has 5 heteroatoms. The molecule has 0 spiro atoms. The van der Waals surface area contributed by atoms with E-state index in [-0.39, 0.29) is 28.6 Å². The third kappa shape index (κ3) is 5.29. The average molecular weight is 726 g/mol. The predicted octanol–water partition coefficient (Wildman–Crippen LogP) is 13.2. The van der Waals surface area contributed by atoms with E-state index in [0.717, 1.165) is 49.8 Å². The van der Waals surface area contributed by atoms with Crippen LogP contribution in [0.2, 0.25) is 0 Å². The molecule has 0 radical (unpaired) electrons. The molecule has 0 amide bonds. The number of aromatic nitrogens is 4. The highest BCUT2D eigenvalue weighted by Gasteiger charge is 2.19. The maximum atomic E-state index is 9.07. The molecule has 56 heavy (non-hydrogen) atoms. The second kappa shape index (κ2) is 13.0. The largest absolute Gasteiger partial charge is 0.456 e. The van der Waals surface area contributed by atoms with Gasteiger partial charge in [0.15, 0.2) is 17.5 Å². The van der Waals surface area contributed by atoms with Crippen LogP contribution < -0.4 is 0 Å². The summed E-state index contributed by atoms with van der Waals surface area (Å²) in [5.74, 6) is 1.53. The highest BCUT2D eigenvalue weighted by Crippen LogP contribution is 2.39. The van der Waals surface area contributed by atoms with Gasteiger partial charge in [0, 0.05) is 49.5 Å². The number of nitrogens with zero attached hydrogens (tertiary/aromatic N) is 4. The summed E-state index contributed by atoms with van der Waals surface area (Å²) in [6.07, 6.45) is 0. The molecule has 8 aromatic carbocycles. The summed E-state index contributed by atoms with van der Waals surface area (Å²) < 4.78 is 85.7. The van der Waals surface area contributed by atoms with E-state index in [2.05, 4.69) is 0 Å². The van der Waals surface area contributed by atoms with Gasteiger partial charge in [-0.1, -0.05) is 164 Å². The molecule has 0 saturated heterocycles. The zero-order valence-electron chi connectivity index (χ0n) is 38.5. The van der Waals surface area contributed by atoms with Crippen molar-refractivity contribution in [1.82, 2.24) is 19.5 Å². The summed E-state index contributed by atoms with van der Waals surface area (Å²) in [5, 5.41) is 2.59. The van der Waals surface area contributed by atoms with Crippen molar-refractivity contribution in [3.05, 3.63) is 194 Å². The highest BCUT2D eigenvalue weighted by atomic mass is 16.3. The van der Waals surface area contributed by atoms with Crippen molar-refractivity contribution < 1.29 is 16.8 Å². The van der Waals surface area contributed by atoms with Crippen LogP contribution in [0.4, 0.5) is 0 Å². The van der Waals surface area contributed by atoms with Gasteiger partial charge < -0.3 is 8.98 Å². The summed E-state index contributed by atoms with van der Waals surface area (Å²) in [6, 6.07) is 40.3. The van der Waals surface area contributed by atoms with Crippen molar-refractivity contribution in [2.45, 2.75) is 0 Å². The summed E-state index contributed by atoms with van der Waals surface area (Å²) >= 11 is 0. The minimum Gasteiger partial charge on any atom is -0.456 e. The number of furan rings is 1. The second-order valence-electron chi connectivity index (χ2n) is 13.3. The van der Waals surface area contributed by atoms with E-state index in [0.29, 0.717) is 39.6 Å². The molecular weight excluding hydrogens is 685 g/mol. The number of benzene rings is 8. The van der Waals surface area contributed by atoms with E-state index in [9.17, 15) is 0 Å². The van der Waals surface area contributed by atoms with Crippen LogP contribution in [0.1, 0.15) is 12.3 Å². The van der Waals surface area contributed by atoms with Crippen LogP contribution in [0.3, 0.4) is 0 Å². The first-order valence-corrected chi connectivity index (χ1v) is 18.0. The lowest BCUT2D eigenvalue weighted by Crippen LogP contribution is -2.00. The molecule has 0 aliphatic heterocycles. The van der Waals surface area contributed by atoms with Gasteiger partial charge in [0.2, 0.25) is 0 Å². The van der Waals surface area contributed by atoms with Crippen LogP contribution in [0.25, 0.3) is 106 Å². The molecule has 0 atom stereocenters. The number of rotatable bonds is 6. The quantitative estimate of drug-likeness (QED) is 0.171. The number of hydrogen-bond acceptors (Lipinski definition) is 4. The summed E-state index contributed by atoms with van der Waals surface area (Å²) in [6.45, 7) is 0. The summed E-state index contributed by atoms with van der Waals surface area (Å²) in [7, 11) is 0. The molecule has 262 valence electrons. The Morgan fingerprint density at radius 2 is 1.00 bits per heavy atom. The number of hydrogen-bond donors (Lipinski definition) is 0. The van der Waals surface area contributed by atoms with Gasteiger partial charge >= 0.3 is 0 Å². The molecule has 3 aromatic heterocycles. The minimum absolute atomic E-state index is 0.0363. The molecule has 3 heterocycles. The standard InChI is InChI=1S/C51H32N4O/c1-3-13-35(14-4-1)39-19-11-20-41-40-17-7-9-22-44(40)55(48(39)41)38-31-29-34(30-32-38)33-25-27-37(28-26-33)50-52-49(36-15-5-2-6-16-36)53-51(54-50)43-21-12-24-46-47(43)42-18-8-10-23-45(42)56-46/h1-32H/i1D,3D,4D,7D,9D,13D,14D,17D,22D. The van der Waals surface area contributed by atoms with Crippen molar-refractivity contribution in [2.75, 3.05) is 0 Å². The van der Waals surface area contributed by atoms with Gasteiger partial charge in [-0.25, -0.2) is 15.0 Å².